The molecular weight excluding hydrogens is 256 g/mol. The van der Waals surface area contributed by atoms with Gasteiger partial charge in [0, 0.05) is 36.2 Å². The quantitative estimate of drug-likeness (QED) is 0.808. The van der Waals surface area contributed by atoms with E-state index < -0.39 is 5.82 Å². The number of pyridine rings is 1. The summed E-state index contributed by atoms with van der Waals surface area (Å²) in [4.78, 5) is 5.89. The van der Waals surface area contributed by atoms with Crippen LogP contribution >= 0.6 is 0 Å². The van der Waals surface area contributed by atoms with Crippen molar-refractivity contribution in [3.05, 3.63) is 30.1 Å². The lowest BCUT2D eigenvalue weighted by atomic mass is 9.45. The van der Waals surface area contributed by atoms with Gasteiger partial charge in [-0.3, -0.25) is 0 Å². The predicted octanol–water partition coefficient (Wildman–Crippen LogP) is 2.46. The third-order valence-corrected chi connectivity index (χ3v) is 3.76. The van der Waals surface area contributed by atoms with Gasteiger partial charge < -0.3 is 10.0 Å². The largest absolute Gasteiger partial charge is 0.493 e. The van der Waals surface area contributed by atoms with Gasteiger partial charge in [0.1, 0.15) is 5.52 Å². The highest BCUT2D eigenvalue weighted by Gasteiger charge is 2.23. The average Bonchev–Trinajstić information content (AvgIpc) is 2.48. The van der Waals surface area contributed by atoms with Crippen molar-refractivity contribution in [1.82, 2.24) is 4.98 Å². The SMILES string of the molecule is N#CB1CCN(c2cc(F)c3nc(O)ccc3c2)CC1. The number of nitrogens with zero attached hydrogens (tertiary/aromatic N) is 3. The average molecular weight is 269 g/mol. The van der Waals surface area contributed by atoms with E-state index in [1.54, 1.807) is 6.07 Å². The molecule has 0 bridgehead atoms. The van der Waals surface area contributed by atoms with Crippen LogP contribution in [0.4, 0.5) is 10.1 Å². The maximum absolute atomic E-state index is 14.1. The highest BCUT2D eigenvalue weighted by molar-refractivity contribution is 6.67. The first-order chi connectivity index (χ1) is 9.67. The van der Waals surface area contributed by atoms with Crippen LogP contribution in [0.3, 0.4) is 0 Å². The first-order valence-corrected chi connectivity index (χ1v) is 6.61. The predicted molar refractivity (Wildman–Crippen MR) is 76.6 cm³/mol. The molecule has 1 fully saturated rings. The van der Waals surface area contributed by atoms with Crippen molar-refractivity contribution in [3.8, 4) is 11.8 Å². The zero-order chi connectivity index (χ0) is 14.1. The number of hydrogen-bond donors (Lipinski definition) is 1. The molecule has 3 rings (SSSR count). The minimum atomic E-state index is -0.434. The zero-order valence-corrected chi connectivity index (χ0v) is 10.9. The van der Waals surface area contributed by atoms with E-state index in [0.717, 1.165) is 31.4 Å². The number of benzene rings is 1. The van der Waals surface area contributed by atoms with Gasteiger partial charge in [-0.15, -0.1) is 0 Å². The van der Waals surface area contributed by atoms with Gasteiger partial charge in [-0.1, -0.05) is 0 Å². The molecule has 1 saturated heterocycles. The topological polar surface area (TPSA) is 60.2 Å². The van der Waals surface area contributed by atoms with Crippen molar-refractivity contribution in [3.63, 3.8) is 0 Å². The summed E-state index contributed by atoms with van der Waals surface area (Å²) in [6.45, 7) is 1.62. The Hall–Kier alpha value is -2.29. The number of hydrogen-bond acceptors (Lipinski definition) is 4. The number of fused-ring (bicyclic) bond motifs is 1. The van der Waals surface area contributed by atoms with Crippen molar-refractivity contribution < 1.29 is 9.50 Å². The molecule has 0 aliphatic carbocycles. The molecule has 1 aliphatic rings. The van der Waals surface area contributed by atoms with E-state index >= 15 is 0 Å². The second-order valence-corrected chi connectivity index (χ2v) is 5.06. The molecule has 1 aromatic carbocycles. The van der Waals surface area contributed by atoms with Crippen LogP contribution in [0.25, 0.3) is 10.9 Å². The molecule has 0 saturated carbocycles. The van der Waals surface area contributed by atoms with Gasteiger partial charge in [0.2, 0.25) is 5.88 Å². The molecule has 0 radical (unpaired) electrons. The monoisotopic (exact) mass is 269 g/mol. The molecule has 2 heterocycles. The molecule has 2 aromatic rings. The lowest BCUT2D eigenvalue weighted by Crippen LogP contribution is -2.36. The summed E-state index contributed by atoms with van der Waals surface area (Å²) in [7, 11) is 0. The lowest BCUT2D eigenvalue weighted by Gasteiger charge is -2.30. The van der Waals surface area contributed by atoms with E-state index in [1.807, 2.05) is 6.07 Å². The summed E-state index contributed by atoms with van der Waals surface area (Å²) in [5, 5.41) is 18.9. The van der Waals surface area contributed by atoms with Crippen LogP contribution in [0.2, 0.25) is 12.6 Å². The first-order valence-electron chi connectivity index (χ1n) is 6.61. The van der Waals surface area contributed by atoms with Crippen LogP contribution in [0.5, 0.6) is 5.88 Å². The van der Waals surface area contributed by atoms with Crippen LogP contribution in [0.1, 0.15) is 0 Å². The molecule has 4 nitrogen and oxygen atoms in total. The molecule has 100 valence electrons. The lowest BCUT2D eigenvalue weighted by molar-refractivity contribution is 0.455. The molecule has 0 amide bonds. The summed E-state index contributed by atoms with van der Waals surface area (Å²) < 4.78 is 14.1. The van der Waals surface area contributed by atoms with Gasteiger partial charge in [0.15, 0.2) is 5.82 Å². The Morgan fingerprint density at radius 2 is 2.05 bits per heavy atom. The minimum absolute atomic E-state index is 0.107. The minimum Gasteiger partial charge on any atom is -0.493 e. The Morgan fingerprint density at radius 3 is 2.75 bits per heavy atom. The van der Waals surface area contributed by atoms with Gasteiger partial charge in [0.05, 0.1) is 0 Å². The van der Waals surface area contributed by atoms with Gasteiger partial charge in [-0.05, 0) is 30.8 Å². The second-order valence-electron chi connectivity index (χ2n) is 5.06. The second kappa shape index (κ2) is 5.01. The van der Waals surface area contributed by atoms with Crippen LogP contribution in [0, 0.1) is 17.0 Å². The smallest absolute Gasteiger partial charge is 0.271 e. The van der Waals surface area contributed by atoms with Gasteiger partial charge in [-0.2, -0.15) is 0 Å². The third kappa shape index (κ3) is 2.27. The van der Waals surface area contributed by atoms with Crippen molar-refractivity contribution in [2.75, 3.05) is 18.0 Å². The third-order valence-electron chi connectivity index (χ3n) is 3.76. The van der Waals surface area contributed by atoms with Gasteiger partial charge in [0.25, 0.3) is 6.71 Å². The number of rotatable bonds is 1. The fourth-order valence-electron chi connectivity index (χ4n) is 2.62. The Morgan fingerprint density at radius 1 is 1.30 bits per heavy atom. The van der Waals surface area contributed by atoms with Crippen LogP contribution in [0.15, 0.2) is 24.3 Å². The number of nitriles is 1. The van der Waals surface area contributed by atoms with Crippen molar-refractivity contribution >= 4 is 23.3 Å². The summed E-state index contributed by atoms with van der Waals surface area (Å²) in [5.41, 5.74) is 0.986. The Bertz CT molecular complexity index is 693. The molecule has 1 N–H and O–H groups in total. The van der Waals surface area contributed by atoms with Crippen LogP contribution in [-0.4, -0.2) is 29.9 Å². The fraction of sp³-hybridized carbons (Fsp3) is 0.286. The van der Waals surface area contributed by atoms with Crippen molar-refractivity contribution in [2.45, 2.75) is 12.6 Å². The summed E-state index contributed by atoms with van der Waals surface area (Å²) >= 11 is 0. The van der Waals surface area contributed by atoms with E-state index in [0.29, 0.717) is 5.39 Å². The molecule has 1 aliphatic heterocycles. The van der Waals surface area contributed by atoms with Crippen molar-refractivity contribution in [1.29, 1.82) is 5.26 Å². The molecule has 1 aromatic heterocycles. The van der Waals surface area contributed by atoms with E-state index in [4.69, 9.17) is 5.26 Å². The Balaban J connectivity index is 1.94. The Kier molecular flexibility index (Phi) is 3.19. The summed E-state index contributed by atoms with van der Waals surface area (Å²) in [5.74, 6) is 1.67. The maximum Gasteiger partial charge on any atom is 0.271 e. The summed E-state index contributed by atoms with van der Waals surface area (Å²) in [6, 6.07) is 6.43. The fourth-order valence-corrected chi connectivity index (χ4v) is 2.62. The van der Waals surface area contributed by atoms with E-state index in [-0.39, 0.29) is 18.1 Å². The first kappa shape index (κ1) is 12.7. The van der Waals surface area contributed by atoms with Gasteiger partial charge >= 0.3 is 0 Å². The standard InChI is InChI=1S/C14H13BFN3O/c16-12-8-11(19-5-3-15(9-17)4-6-19)7-10-1-2-13(20)18-14(10)12/h1-2,7-8H,3-6H2,(H,18,20). The highest BCUT2D eigenvalue weighted by atomic mass is 19.1. The number of aromatic nitrogens is 1. The molecule has 0 unspecified atom stereocenters. The molecule has 6 heteroatoms. The molecule has 20 heavy (non-hydrogen) atoms. The normalized spacial score (nSPS) is 15.4. The number of aromatic hydroxyl groups is 1. The molecule has 0 spiro atoms. The molecule has 0 atom stereocenters. The number of anilines is 1. The summed E-state index contributed by atoms with van der Waals surface area (Å²) in [6.07, 6.45) is 1.62. The van der Waals surface area contributed by atoms with E-state index in [9.17, 15) is 9.50 Å². The molecular formula is C14H13BFN3O. The van der Waals surface area contributed by atoms with E-state index in [2.05, 4.69) is 15.9 Å². The van der Waals surface area contributed by atoms with Crippen molar-refractivity contribution in [2.24, 2.45) is 0 Å². The zero-order valence-electron chi connectivity index (χ0n) is 10.9. The van der Waals surface area contributed by atoms with Crippen LogP contribution < -0.4 is 4.90 Å². The van der Waals surface area contributed by atoms with Crippen LogP contribution in [-0.2, 0) is 0 Å². The highest BCUT2D eigenvalue weighted by Crippen LogP contribution is 2.27. The Labute approximate surface area is 116 Å². The number of halogens is 1. The van der Waals surface area contributed by atoms with Gasteiger partial charge in [-0.25, -0.2) is 14.6 Å². The van der Waals surface area contributed by atoms with E-state index in [1.165, 1.54) is 12.1 Å². The maximum atomic E-state index is 14.1.